The number of aromatic nitrogens is 4. The highest BCUT2D eigenvalue weighted by molar-refractivity contribution is 5.92. The van der Waals surface area contributed by atoms with Gasteiger partial charge in [-0.2, -0.15) is 0 Å². The first-order valence-corrected chi connectivity index (χ1v) is 14.7. The van der Waals surface area contributed by atoms with E-state index in [2.05, 4.69) is 143 Å². The van der Waals surface area contributed by atoms with Gasteiger partial charge in [0.25, 0.3) is 0 Å². The molecule has 0 fully saturated rings. The monoisotopic (exact) mass is 548 g/mol. The van der Waals surface area contributed by atoms with Crippen molar-refractivity contribution in [2.75, 3.05) is 0 Å². The Morgan fingerprint density at radius 3 is 1.88 bits per heavy atom. The molecule has 0 saturated carbocycles. The summed E-state index contributed by atoms with van der Waals surface area (Å²) >= 11 is 0. The molecule has 0 bridgehead atoms. The molecule has 43 heavy (non-hydrogen) atoms. The van der Waals surface area contributed by atoms with Crippen molar-refractivity contribution in [3.63, 3.8) is 0 Å². The van der Waals surface area contributed by atoms with Gasteiger partial charge in [-0.05, 0) is 64.2 Å². The Kier molecular flexibility index (Phi) is 4.35. The molecule has 0 radical (unpaired) electrons. The molecule has 3 heterocycles. The predicted octanol–water partition coefficient (Wildman–Crippen LogP) is 8.71. The molecule has 1 aliphatic heterocycles. The molecule has 200 valence electrons. The first-order valence-electron chi connectivity index (χ1n) is 14.7. The van der Waals surface area contributed by atoms with Gasteiger partial charge in [-0.25, -0.2) is 9.97 Å². The summed E-state index contributed by atoms with van der Waals surface area (Å²) in [6, 6.07) is 51.9. The number of hydrogen-bond donors (Lipinski definition) is 0. The topological polar surface area (TPSA) is 35.6 Å². The second-order valence-corrected chi connectivity index (χ2v) is 11.4. The molecular formula is C39H24N4. The predicted molar refractivity (Wildman–Crippen MR) is 172 cm³/mol. The van der Waals surface area contributed by atoms with Gasteiger partial charge in [-0.15, -0.1) is 0 Å². The summed E-state index contributed by atoms with van der Waals surface area (Å²) in [5.74, 6) is 1.98. The minimum Gasteiger partial charge on any atom is -0.295 e. The Bertz CT molecular complexity index is 2370. The molecule has 8 aromatic rings. The molecule has 0 N–H and O–H groups in total. The Morgan fingerprint density at radius 1 is 0.465 bits per heavy atom. The number of benzene rings is 6. The smallest absolute Gasteiger partial charge is 0.145 e. The van der Waals surface area contributed by atoms with E-state index in [0.717, 1.165) is 45.0 Å². The number of hydrogen-bond acceptors (Lipinski definition) is 2. The first kappa shape index (κ1) is 22.9. The van der Waals surface area contributed by atoms with Crippen LogP contribution in [0.2, 0.25) is 0 Å². The van der Waals surface area contributed by atoms with E-state index in [9.17, 15) is 0 Å². The number of rotatable bonds is 2. The highest BCUT2D eigenvalue weighted by atomic mass is 15.1. The van der Waals surface area contributed by atoms with Crippen molar-refractivity contribution in [3.05, 3.63) is 168 Å². The maximum atomic E-state index is 5.52. The molecule has 2 aromatic heterocycles. The Labute approximate surface area is 248 Å². The molecule has 0 amide bonds. The molecule has 4 nitrogen and oxygen atoms in total. The van der Waals surface area contributed by atoms with Crippen LogP contribution in [0, 0.1) is 0 Å². The normalized spacial score (nSPS) is 13.8. The van der Waals surface area contributed by atoms with E-state index >= 15 is 0 Å². The highest BCUT2D eigenvalue weighted by Gasteiger charge is 2.54. The van der Waals surface area contributed by atoms with E-state index in [1.165, 1.54) is 33.5 Å². The number of para-hydroxylation sites is 3. The summed E-state index contributed by atoms with van der Waals surface area (Å²) in [4.78, 5) is 10.6. The van der Waals surface area contributed by atoms with E-state index in [4.69, 9.17) is 9.97 Å². The van der Waals surface area contributed by atoms with Crippen molar-refractivity contribution in [2.24, 2.45) is 0 Å². The molecule has 1 aliphatic carbocycles. The minimum absolute atomic E-state index is 0.472. The minimum atomic E-state index is -0.472. The molecule has 6 aromatic carbocycles. The molecule has 0 atom stereocenters. The zero-order valence-electron chi connectivity index (χ0n) is 23.1. The zero-order chi connectivity index (χ0) is 28.1. The lowest BCUT2D eigenvalue weighted by atomic mass is 9.73. The lowest BCUT2D eigenvalue weighted by molar-refractivity contribution is 0.738. The van der Waals surface area contributed by atoms with Crippen LogP contribution in [0.15, 0.2) is 146 Å². The zero-order valence-corrected chi connectivity index (χ0v) is 23.1. The van der Waals surface area contributed by atoms with Gasteiger partial charge in [0.2, 0.25) is 0 Å². The van der Waals surface area contributed by atoms with E-state index in [1.807, 2.05) is 12.1 Å². The van der Waals surface area contributed by atoms with Crippen molar-refractivity contribution in [1.82, 2.24) is 19.1 Å². The average Bonchev–Trinajstić information content (AvgIpc) is 3.79. The van der Waals surface area contributed by atoms with Gasteiger partial charge in [0.05, 0.1) is 27.8 Å². The highest BCUT2D eigenvalue weighted by Crippen LogP contribution is 2.60. The second-order valence-electron chi connectivity index (χ2n) is 11.4. The molecule has 0 saturated heterocycles. The van der Waals surface area contributed by atoms with Gasteiger partial charge in [-0.1, -0.05) is 109 Å². The van der Waals surface area contributed by atoms with Gasteiger partial charge in [0.1, 0.15) is 17.1 Å². The fourth-order valence-corrected chi connectivity index (χ4v) is 7.64. The molecule has 4 heteroatoms. The van der Waals surface area contributed by atoms with E-state index in [0.29, 0.717) is 0 Å². The lowest BCUT2D eigenvalue weighted by Gasteiger charge is -2.27. The SMILES string of the molecule is c1ccc(-c2nc3ccccc3n2-c2ccc3c(c2)nc2n3-c3ccccc3C23c2ccccc2-c2ccccc23)cc1. The van der Waals surface area contributed by atoms with Gasteiger partial charge in [0, 0.05) is 11.3 Å². The van der Waals surface area contributed by atoms with Gasteiger partial charge >= 0.3 is 0 Å². The summed E-state index contributed by atoms with van der Waals surface area (Å²) in [6.45, 7) is 0. The van der Waals surface area contributed by atoms with E-state index < -0.39 is 5.41 Å². The Balaban J connectivity index is 1.28. The van der Waals surface area contributed by atoms with Gasteiger partial charge in [-0.3, -0.25) is 9.13 Å². The Hall–Kier alpha value is -5.74. The fraction of sp³-hybridized carbons (Fsp3) is 0.0256. The summed E-state index contributed by atoms with van der Waals surface area (Å²) < 4.78 is 4.65. The molecule has 2 aliphatic rings. The Morgan fingerprint density at radius 2 is 1.09 bits per heavy atom. The van der Waals surface area contributed by atoms with Crippen molar-refractivity contribution >= 4 is 22.1 Å². The molecule has 0 unspecified atom stereocenters. The number of imidazole rings is 2. The average molecular weight is 549 g/mol. The summed E-state index contributed by atoms with van der Waals surface area (Å²) in [5, 5.41) is 0. The van der Waals surface area contributed by atoms with Crippen LogP contribution in [0.3, 0.4) is 0 Å². The first-order chi connectivity index (χ1) is 21.3. The van der Waals surface area contributed by atoms with Crippen molar-refractivity contribution in [2.45, 2.75) is 5.41 Å². The van der Waals surface area contributed by atoms with Crippen LogP contribution in [0.1, 0.15) is 22.5 Å². The van der Waals surface area contributed by atoms with Crippen molar-refractivity contribution in [3.8, 4) is 33.9 Å². The van der Waals surface area contributed by atoms with Crippen LogP contribution in [-0.2, 0) is 5.41 Å². The van der Waals surface area contributed by atoms with E-state index in [-0.39, 0.29) is 0 Å². The molecule has 10 rings (SSSR count). The summed E-state index contributed by atoms with van der Waals surface area (Å²) in [7, 11) is 0. The van der Waals surface area contributed by atoms with Gasteiger partial charge in [0.15, 0.2) is 0 Å². The summed E-state index contributed by atoms with van der Waals surface area (Å²) in [5.41, 5.74) is 13.4. The molecule has 1 spiro atoms. The fourth-order valence-electron chi connectivity index (χ4n) is 7.64. The van der Waals surface area contributed by atoms with Crippen LogP contribution in [0.25, 0.3) is 56.0 Å². The maximum Gasteiger partial charge on any atom is 0.145 e. The molecular weight excluding hydrogens is 524 g/mol. The standard InChI is InChI=1S/C39H24N4/c1-2-12-25(13-3-1)37-40-32-19-9-11-21-35(32)42(37)26-22-23-36-33(24-26)41-38-39(31-18-8-10-20-34(31)43(36)38)29-16-6-4-14-27(29)28-15-5-7-17-30(28)39/h1-24H. The van der Waals surface area contributed by atoms with Crippen LogP contribution in [-0.4, -0.2) is 19.1 Å². The van der Waals surface area contributed by atoms with Crippen LogP contribution in [0.4, 0.5) is 0 Å². The van der Waals surface area contributed by atoms with E-state index in [1.54, 1.807) is 0 Å². The number of fused-ring (bicyclic) bond motifs is 13. The second kappa shape index (κ2) is 8.17. The van der Waals surface area contributed by atoms with Crippen LogP contribution >= 0.6 is 0 Å². The van der Waals surface area contributed by atoms with Crippen LogP contribution < -0.4 is 0 Å². The summed E-state index contributed by atoms with van der Waals surface area (Å²) in [6.07, 6.45) is 0. The third-order valence-electron chi connectivity index (χ3n) is 9.33. The lowest BCUT2D eigenvalue weighted by Crippen LogP contribution is -2.27. The number of nitrogens with zero attached hydrogens (tertiary/aromatic N) is 4. The largest absolute Gasteiger partial charge is 0.295 e. The third kappa shape index (κ3) is 2.80. The maximum absolute atomic E-state index is 5.52. The third-order valence-corrected chi connectivity index (χ3v) is 9.33. The van der Waals surface area contributed by atoms with Crippen molar-refractivity contribution < 1.29 is 0 Å². The quantitative estimate of drug-likeness (QED) is 0.217. The van der Waals surface area contributed by atoms with Crippen molar-refractivity contribution in [1.29, 1.82) is 0 Å². The van der Waals surface area contributed by atoms with Crippen LogP contribution in [0.5, 0.6) is 0 Å². The van der Waals surface area contributed by atoms with Gasteiger partial charge < -0.3 is 0 Å².